The molecule has 1 aliphatic carbocycles. The maximum Gasteiger partial charge on any atom is 0.166 e. The lowest BCUT2D eigenvalue weighted by molar-refractivity contribution is -0.153. The Balaban J connectivity index is 1.69. The Morgan fingerprint density at radius 3 is 2.89 bits per heavy atom. The van der Waals surface area contributed by atoms with Crippen LogP contribution in [-0.2, 0) is 4.74 Å². The molecule has 1 unspecified atom stereocenters. The van der Waals surface area contributed by atoms with Crippen LogP contribution in [0.15, 0.2) is 18.2 Å². The minimum Gasteiger partial charge on any atom is -0.487 e. The molecule has 1 heterocycles. The second-order valence-electron chi connectivity index (χ2n) is 5.37. The van der Waals surface area contributed by atoms with E-state index in [1.165, 1.54) is 18.6 Å². The van der Waals surface area contributed by atoms with Crippen LogP contribution >= 0.6 is 0 Å². The fourth-order valence-electron chi connectivity index (χ4n) is 2.85. The molecule has 1 atom stereocenters. The summed E-state index contributed by atoms with van der Waals surface area (Å²) >= 11 is 0. The Labute approximate surface area is 111 Å². The van der Waals surface area contributed by atoms with Gasteiger partial charge >= 0.3 is 0 Å². The van der Waals surface area contributed by atoms with Crippen LogP contribution in [0.5, 0.6) is 5.75 Å². The number of halogens is 1. The molecule has 2 fully saturated rings. The summed E-state index contributed by atoms with van der Waals surface area (Å²) in [5, 5.41) is 8.71. The van der Waals surface area contributed by atoms with Gasteiger partial charge < -0.3 is 9.47 Å². The van der Waals surface area contributed by atoms with Gasteiger partial charge in [-0.25, -0.2) is 4.39 Å². The molecule has 100 valence electrons. The molecule has 0 amide bonds. The van der Waals surface area contributed by atoms with Gasteiger partial charge in [0.1, 0.15) is 6.10 Å². The lowest BCUT2D eigenvalue weighted by atomic mass is 9.74. The van der Waals surface area contributed by atoms with E-state index in [1.807, 2.05) is 6.07 Å². The van der Waals surface area contributed by atoms with Crippen molar-refractivity contribution in [1.29, 1.82) is 5.26 Å². The van der Waals surface area contributed by atoms with Crippen LogP contribution in [0.25, 0.3) is 0 Å². The summed E-state index contributed by atoms with van der Waals surface area (Å²) in [7, 11) is 0. The SMILES string of the molecule is N#Cc1ccc(OC2CCOC3(CCC3)C2)c(F)c1. The van der Waals surface area contributed by atoms with Gasteiger partial charge in [0.05, 0.1) is 23.8 Å². The Kier molecular flexibility index (Phi) is 3.16. The summed E-state index contributed by atoms with van der Waals surface area (Å²) in [5.41, 5.74) is 0.304. The average molecular weight is 261 g/mol. The molecule has 1 spiro atoms. The zero-order valence-electron chi connectivity index (χ0n) is 10.7. The summed E-state index contributed by atoms with van der Waals surface area (Å²) in [4.78, 5) is 0. The van der Waals surface area contributed by atoms with Gasteiger partial charge in [-0.05, 0) is 37.5 Å². The van der Waals surface area contributed by atoms with E-state index in [-0.39, 0.29) is 17.5 Å². The molecule has 1 saturated heterocycles. The summed E-state index contributed by atoms with van der Waals surface area (Å²) in [5.74, 6) is -0.228. The first-order chi connectivity index (χ1) is 9.21. The third-order valence-corrected chi connectivity index (χ3v) is 4.07. The van der Waals surface area contributed by atoms with Gasteiger partial charge in [-0.3, -0.25) is 0 Å². The molecule has 0 aromatic heterocycles. The summed E-state index contributed by atoms with van der Waals surface area (Å²) < 4.78 is 25.3. The third-order valence-electron chi connectivity index (χ3n) is 4.07. The molecule has 0 N–H and O–H groups in total. The van der Waals surface area contributed by atoms with Gasteiger partial charge in [0.25, 0.3) is 0 Å². The molecule has 3 nitrogen and oxygen atoms in total. The molecule has 0 radical (unpaired) electrons. The summed E-state index contributed by atoms with van der Waals surface area (Å²) in [6.07, 6.45) is 5.02. The van der Waals surface area contributed by atoms with Crippen LogP contribution in [0.3, 0.4) is 0 Å². The van der Waals surface area contributed by atoms with Gasteiger partial charge in [-0.1, -0.05) is 0 Å². The summed E-state index contributed by atoms with van der Waals surface area (Å²) in [6.45, 7) is 0.683. The average Bonchev–Trinajstić information content (AvgIpc) is 2.39. The van der Waals surface area contributed by atoms with Crippen molar-refractivity contribution in [1.82, 2.24) is 0 Å². The number of nitrogens with zero attached hydrogens (tertiary/aromatic N) is 1. The van der Waals surface area contributed by atoms with Crippen LogP contribution in [0.2, 0.25) is 0 Å². The Morgan fingerprint density at radius 2 is 2.26 bits per heavy atom. The van der Waals surface area contributed by atoms with Crippen molar-refractivity contribution in [3.05, 3.63) is 29.6 Å². The highest BCUT2D eigenvalue weighted by molar-refractivity contribution is 5.36. The van der Waals surface area contributed by atoms with E-state index < -0.39 is 5.82 Å². The van der Waals surface area contributed by atoms with E-state index in [2.05, 4.69) is 0 Å². The van der Waals surface area contributed by atoms with Crippen LogP contribution in [0, 0.1) is 17.1 Å². The van der Waals surface area contributed by atoms with Gasteiger partial charge in [-0.2, -0.15) is 5.26 Å². The van der Waals surface area contributed by atoms with Crippen molar-refractivity contribution >= 4 is 0 Å². The molecule has 1 aromatic rings. The van der Waals surface area contributed by atoms with Crippen LogP contribution < -0.4 is 4.74 Å². The van der Waals surface area contributed by atoms with E-state index in [4.69, 9.17) is 14.7 Å². The maximum atomic E-state index is 13.8. The largest absolute Gasteiger partial charge is 0.487 e. The van der Waals surface area contributed by atoms with Gasteiger partial charge in [0.15, 0.2) is 11.6 Å². The molecule has 3 rings (SSSR count). The van der Waals surface area contributed by atoms with Crippen LogP contribution in [-0.4, -0.2) is 18.3 Å². The summed E-state index contributed by atoms with van der Waals surface area (Å²) in [6, 6.07) is 6.25. The van der Waals surface area contributed by atoms with E-state index in [9.17, 15) is 4.39 Å². The predicted octanol–water partition coefficient (Wildman–Crippen LogP) is 3.18. The first-order valence-corrected chi connectivity index (χ1v) is 6.71. The van der Waals surface area contributed by atoms with E-state index in [1.54, 1.807) is 6.07 Å². The van der Waals surface area contributed by atoms with Gasteiger partial charge in [-0.15, -0.1) is 0 Å². The normalized spacial score (nSPS) is 24.5. The molecule has 19 heavy (non-hydrogen) atoms. The Bertz CT molecular complexity index is 519. The highest BCUT2D eigenvalue weighted by Gasteiger charge is 2.43. The standard InChI is InChI=1S/C15H16FNO2/c16-13-8-11(10-17)2-3-14(13)19-12-4-7-18-15(9-12)5-1-6-15/h2-3,8,12H,1,4-7,9H2. The highest BCUT2D eigenvalue weighted by atomic mass is 19.1. The topological polar surface area (TPSA) is 42.2 Å². The monoisotopic (exact) mass is 261 g/mol. The van der Waals surface area contributed by atoms with E-state index >= 15 is 0 Å². The second-order valence-corrected chi connectivity index (χ2v) is 5.37. The second kappa shape index (κ2) is 4.82. The molecular formula is C15H16FNO2. The number of hydrogen-bond donors (Lipinski definition) is 0. The van der Waals surface area contributed by atoms with Crippen molar-refractivity contribution in [3.63, 3.8) is 0 Å². The lowest BCUT2D eigenvalue weighted by Crippen LogP contribution is -2.48. The van der Waals surface area contributed by atoms with Crippen molar-refractivity contribution in [2.75, 3.05) is 6.61 Å². The van der Waals surface area contributed by atoms with Gasteiger partial charge in [0.2, 0.25) is 0 Å². The molecule has 2 aliphatic rings. The van der Waals surface area contributed by atoms with Crippen molar-refractivity contribution in [2.45, 2.75) is 43.8 Å². The third kappa shape index (κ3) is 2.43. The van der Waals surface area contributed by atoms with Crippen molar-refractivity contribution < 1.29 is 13.9 Å². The Morgan fingerprint density at radius 1 is 1.42 bits per heavy atom. The van der Waals surface area contributed by atoms with E-state index in [0.717, 1.165) is 25.7 Å². The molecule has 1 aromatic carbocycles. The van der Waals surface area contributed by atoms with Crippen molar-refractivity contribution in [3.8, 4) is 11.8 Å². The van der Waals surface area contributed by atoms with Crippen LogP contribution in [0.1, 0.15) is 37.7 Å². The minimum absolute atomic E-state index is 0.00795. The maximum absolute atomic E-state index is 13.8. The first-order valence-electron chi connectivity index (χ1n) is 6.71. The molecule has 0 bridgehead atoms. The number of hydrogen-bond acceptors (Lipinski definition) is 3. The number of nitriles is 1. The Hall–Kier alpha value is -1.60. The lowest BCUT2D eigenvalue weighted by Gasteiger charge is -2.46. The fourth-order valence-corrected chi connectivity index (χ4v) is 2.85. The number of ether oxygens (including phenoxy) is 2. The predicted molar refractivity (Wildman–Crippen MR) is 67.3 cm³/mol. The van der Waals surface area contributed by atoms with Crippen LogP contribution in [0.4, 0.5) is 4.39 Å². The highest BCUT2D eigenvalue weighted by Crippen LogP contribution is 2.43. The fraction of sp³-hybridized carbons (Fsp3) is 0.533. The first kappa shape index (κ1) is 12.4. The molecule has 1 aliphatic heterocycles. The zero-order chi connectivity index (χ0) is 13.3. The molecule has 4 heteroatoms. The smallest absolute Gasteiger partial charge is 0.166 e. The van der Waals surface area contributed by atoms with Gasteiger partial charge in [0, 0.05) is 12.8 Å². The molecule has 1 saturated carbocycles. The van der Waals surface area contributed by atoms with E-state index in [0.29, 0.717) is 12.2 Å². The number of rotatable bonds is 2. The quantitative estimate of drug-likeness (QED) is 0.821. The zero-order valence-corrected chi connectivity index (χ0v) is 10.7. The van der Waals surface area contributed by atoms with Crippen molar-refractivity contribution in [2.24, 2.45) is 0 Å². The molecular weight excluding hydrogens is 245 g/mol. The minimum atomic E-state index is -0.465. The number of benzene rings is 1.